The molecule has 4 heteroatoms. The minimum Gasteiger partial charge on any atom is -0.349 e. The van der Waals surface area contributed by atoms with Crippen LogP contribution in [0, 0.1) is 6.92 Å². The lowest BCUT2D eigenvalue weighted by molar-refractivity contribution is 0.0936. The van der Waals surface area contributed by atoms with Gasteiger partial charge in [0.15, 0.2) is 0 Å². The lowest BCUT2D eigenvalue weighted by Gasteiger charge is -2.13. The quantitative estimate of drug-likeness (QED) is 0.841. The molecule has 1 heterocycles. The van der Waals surface area contributed by atoms with Crippen LogP contribution in [0.1, 0.15) is 55.2 Å². The van der Waals surface area contributed by atoms with Gasteiger partial charge in [-0.3, -0.25) is 9.59 Å². The van der Waals surface area contributed by atoms with Crippen molar-refractivity contribution in [2.75, 3.05) is 0 Å². The zero-order valence-corrected chi connectivity index (χ0v) is 11.6. The molecular formula is C14H22N2O2. The van der Waals surface area contributed by atoms with Gasteiger partial charge in [-0.25, -0.2) is 0 Å². The second kappa shape index (κ2) is 6.38. The summed E-state index contributed by atoms with van der Waals surface area (Å²) in [4.78, 5) is 26.6. The molecular weight excluding hydrogens is 228 g/mol. The highest BCUT2D eigenvalue weighted by atomic mass is 16.2. The molecule has 2 N–H and O–H groups in total. The molecule has 0 bridgehead atoms. The van der Waals surface area contributed by atoms with Crippen molar-refractivity contribution < 1.29 is 4.79 Å². The summed E-state index contributed by atoms with van der Waals surface area (Å²) in [6.45, 7) is 7.89. The Bertz CT molecular complexity index is 477. The predicted molar refractivity (Wildman–Crippen MR) is 73.0 cm³/mol. The van der Waals surface area contributed by atoms with Crippen LogP contribution in [0.3, 0.4) is 0 Å². The largest absolute Gasteiger partial charge is 0.349 e. The summed E-state index contributed by atoms with van der Waals surface area (Å²) in [7, 11) is 0. The molecule has 1 rings (SSSR count). The number of H-pyrrole nitrogens is 1. The number of carbonyl (C=O) groups excluding carboxylic acids is 1. The molecule has 0 radical (unpaired) electrons. The van der Waals surface area contributed by atoms with Crippen LogP contribution in [0.2, 0.25) is 0 Å². The van der Waals surface area contributed by atoms with Gasteiger partial charge in [-0.05, 0) is 38.3 Å². The van der Waals surface area contributed by atoms with Crippen LogP contribution in [-0.2, 0) is 6.42 Å². The Kier molecular flexibility index (Phi) is 5.13. The minimum atomic E-state index is -0.307. The van der Waals surface area contributed by atoms with E-state index in [-0.39, 0.29) is 23.1 Å². The summed E-state index contributed by atoms with van der Waals surface area (Å²) in [6, 6.07) is 1.76. The Morgan fingerprint density at radius 2 is 2.11 bits per heavy atom. The molecule has 1 atom stereocenters. The first-order valence-corrected chi connectivity index (χ1v) is 6.53. The molecule has 0 aromatic carbocycles. The second-order valence-electron chi connectivity index (χ2n) is 4.69. The molecule has 1 aromatic rings. The van der Waals surface area contributed by atoms with Crippen LogP contribution in [-0.4, -0.2) is 16.9 Å². The third kappa shape index (κ3) is 3.45. The molecule has 0 aliphatic rings. The third-order valence-corrected chi connectivity index (χ3v) is 3.04. The first-order valence-electron chi connectivity index (χ1n) is 6.53. The summed E-state index contributed by atoms with van der Waals surface area (Å²) < 4.78 is 0. The number of rotatable bonds is 5. The van der Waals surface area contributed by atoms with E-state index in [0.717, 1.165) is 30.5 Å². The summed E-state index contributed by atoms with van der Waals surface area (Å²) >= 11 is 0. The van der Waals surface area contributed by atoms with E-state index in [9.17, 15) is 9.59 Å². The van der Waals surface area contributed by atoms with Crippen molar-refractivity contribution in [2.24, 2.45) is 0 Å². The Balaban J connectivity index is 2.93. The number of carbonyl (C=O) groups is 1. The van der Waals surface area contributed by atoms with E-state index in [1.165, 1.54) is 0 Å². The first-order chi connectivity index (χ1) is 8.49. The number of amides is 1. The average Bonchev–Trinajstić information content (AvgIpc) is 2.31. The maximum Gasteiger partial charge on any atom is 0.261 e. The van der Waals surface area contributed by atoms with Gasteiger partial charge >= 0.3 is 0 Å². The van der Waals surface area contributed by atoms with Gasteiger partial charge in [-0.2, -0.15) is 0 Å². The Labute approximate surface area is 108 Å². The molecule has 1 amide bonds. The lowest BCUT2D eigenvalue weighted by Crippen LogP contribution is -2.36. The molecule has 18 heavy (non-hydrogen) atoms. The second-order valence-corrected chi connectivity index (χ2v) is 4.69. The van der Waals surface area contributed by atoms with E-state index in [1.807, 2.05) is 20.8 Å². The zero-order valence-electron chi connectivity index (χ0n) is 11.6. The van der Waals surface area contributed by atoms with Gasteiger partial charge in [0.25, 0.3) is 11.5 Å². The number of pyridine rings is 1. The molecule has 0 saturated carbocycles. The van der Waals surface area contributed by atoms with Gasteiger partial charge in [-0.15, -0.1) is 0 Å². The highest BCUT2D eigenvalue weighted by Gasteiger charge is 2.14. The molecule has 0 saturated heterocycles. The summed E-state index contributed by atoms with van der Waals surface area (Å²) in [6.07, 6.45) is 2.68. The summed E-state index contributed by atoms with van der Waals surface area (Å²) in [5.74, 6) is -0.289. The van der Waals surface area contributed by atoms with Crippen LogP contribution >= 0.6 is 0 Å². The fourth-order valence-corrected chi connectivity index (χ4v) is 2.01. The van der Waals surface area contributed by atoms with Crippen LogP contribution in [0.5, 0.6) is 0 Å². The SMILES string of the molecule is CCC[C@@H](C)NC(=O)c1cc(C)c(CC)[nH]c1=O. The van der Waals surface area contributed by atoms with Crippen molar-refractivity contribution in [2.45, 2.75) is 53.0 Å². The molecule has 0 aliphatic heterocycles. The van der Waals surface area contributed by atoms with Crippen LogP contribution < -0.4 is 10.9 Å². The van der Waals surface area contributed by atoms with E-state index in [2.05, 4.69) is 17.2 Å². The first kappa shape index (κ1) is 14.5. The van der Waals surface area contributed by atoms with Gasteiger partial charge in [0.05, 0.1) is 0 Å². The molecule has 0 aliphatic carbocycles. The minimum absolute atomic E-state index is 0.0908. The van der Waals surface area contributed by atoms with Crippen molar-refractivity contribution in [3.63, 3.8) is 0 Å². The van der Waals surface area contributed by atoms with Gasteiger partial charge < -0.3 is 10.3 Å². The predicted octanol–water partition coefficient (Wildman–Crippen LogP) is 2.16. The van der Waals surface area contributed by atoms with Crippen molar-refractivity contribution in [3.8, 4) is 0 Å². The van der Waals surface area contributed by atoms with E-state index < -0.39 is 0 Å². The number of nitrogens with one attached hydrogen (secondary N) is 2. The van der Waals surface area contributed by atoms with Gasteiger partial charge in [0.2, 0.25) is 0 Å². The highest BCUT2D eigenvalue weighted by Crippen LogP contribution is 2.05. The molecule has 0 unspecified atom stereocenters. The molecule has 0 fully saturated rings. The monoisotopic (exact) mass is 250 g/mol. The van der Waals surface area contributed by atoms with Gasteiger partial charge in [0, 0.05) is 11.7 Å². The Morgan fingerprint density at radius 1 is 1.44 bits per heavy atom. The molecule has 100 valence electrons. The maximum atomic E-state index is 12.0. The van der Waals surface area contributed by atoms with E-state index >= 15 is 0 Å². The smallest absolute Gasteiger partial charge is 0.261 e. The van der Waals surface area contributed by atoms with Gasteiger partial charge in [-0.1, -0.05) is 20.3 Å². The van der Waals surface area contributed by atoms with Crippen LogP contribution in [0.25, 0.3) is 0 Å². The van der Waals surface area contributed by atoms with Crippen molar-refractivity contribution in [3.05, 3.63) is 33.2 Å². The number of aryl methyl sites for hydroxylation is 2. The van der Waals surface area contributed by atoms with E-state index in [0.29, 0.717) is 0 Å². The molecule has 0 spiro atoms. The number of aromatic nitrogens is 1. The Morgan fingerprint density at radius 3 is 2.67 bits per heavy atom. The standard InChI is InChI=1S/C14H22N2O2/c1-5-7-10(4)15-13(17)11-8-9(3)12(6-2)16-14(11)18/h8,10H,5-7H2,1-4H3,(H,15,17)(H,16,18)/t10-/m1/s1. The fraction of sp³-hybridized carbons (Fsp3) is 0.571. The fourth-order valence-electron chi connectivity index (χ4n) is 2.01. The highest BCUT2D eigenvalue weighted by molar-refractivity contribution is 5.94. The summed E-state index contributed by atoms with van der Waals surface area (Å²) in [5.41, 5.74) is 1.73. The van der Waals surface area contributed by atoms with Crippen molar-refractivity contribution in [1.82, 2.24) is 10.3 Å². The third-order valence-electron chi connectivity index (χ3n) is 3.04. The van der Waals surface area contributed by atoms with Crippen LogP contribution in [0.15, 0.2) is 10.9 Å². The topological polar surface area (TPSA) is 62.0 Å². The number of aromatic amines is 1. The van der Waals surface area contributed by atoms with Crippen molar-refractivity contribution in [1.29, 1.82) is 0 Å². The number of hydrogen-bond acceptors (Lipinski definition) is 2. The Hall–Kier alpha value is -1.58. The van der Waals surface area contributed by atoms with E-state index in [4.69, 9.17) is 0 Å². The van der Waals surface area contributed by atoms with Crippen molar-refractivity contribution >= 4 is 5.91 Å². The summed E-state index contributed by atoms with van der Waals surface area (Å²) in [5, 5.41) is 2.84. The van der Waals surface area contributed by atoms with E-state index in [1.54, 1.807) is 6.07 Å². The lowest BCUT2D eigenvalue weighted by atomic mass is 10.1. The molecule has 4 nitrogen and oxygen atoms in total. The van der Waals surface area contributed by atoms with Gasteiger partial charge in [0.1, 0.15) is 5.56 Å². The molecule has 1 aromatic heterocycles. The normalized spacial score (nSPS) is 12.2. The zero-order chi connectivity index (χ0) is 13.7. The number of hydrogen-bond donors (Lipinski definition) is 2. The van der Waals surface area contributed by atoms with Crippen LogP contribution in [0.4, 0.5) is 0 Å². The maximum absolute atomic E-state index is 12.0. The average molecular weight is 250 g/mol.